The highest BCUT2D eigenvalue weighted by atomic mass is 32.2. The van der Waals surface area contributed by atoms with Crippen LogP contribution in [0.2, 0.25) is 0 Å². The van der Waals surface area contributed by atoms with E-state index in [0.717, 1.165) is 37.5 Å². The summed E-state index contributed by atoms with van der Waals surface area (Å²) in [5.74, 6) is 1.15. The zero-order valence-corrected chi connectivity index (χ0v) is 12.6. The van der Waals surface area contributed by atoms with E-state index in [1.54, 1.807) is 0 Å². The van der Waals surface area contributed by atoms with Crippen LogP contribution in [-0.2, 0) is 4.79 Å². The second-order valence-electron chi connectivity index (χ2n) is 5.70. The van der Waals surface area contributed by atoms with Crippen molar-refractivity contribution in [1.29, 1.82) is 0 Å². The number of nitrogens with zero attached hydrogens (tertiary/aromatic N) is 1. The van der Waals surface area contributed by atoms with E-state index in [1.165, 1.54) is 4.90 Å². The number of carbonyl (C=O) groups is 1. The molecule has 1 fully saturated rings. The van der Waals surface area contributed by atoms with Crippen molar-refractivity contribution >= 4 is 23.4 Å². The van der Waals surface area contributed by atoms with E-state index in [4.69, 9.17) is 0 Å². The minimum atomic E-state index is 0.0553. The van der Waals surface area contributed by atoms with Crippen molar-refractivity contribution in [3.8, 4) is 0 Å². The molecule has 1 unspecified atom stereocenters. The van der Waals surface area contributed by atoms with E-state index >= 15 is 0 Å². The summed E-state index contributed by atoms with van der Waals surface area (Å²) >= 11 is 1.83. The second-order valence-corrected chi connectivity index (χ2v) is 6.84. The molecule has 4 nitrogen and oxygen atoms in total. The first kappa shape index (κ1) is 13.9. The van der Waals surface area contributed by atoms with Gasteiger partial charge in [-0.3, -0.25) is 4.79 Å². The molecule has 0 aliphatic carbocycles. The first-order chi connectivity index (χ1) is 9.68. The van der Waals surface area contributed by atoms with Crippen molar-refractivity contribution in [2.24, 2.45) is 0 Å². The molecule has 0 spiro atoms. The van der Waals surface area contributed by atoms with Crippen LogP contribution in [0.25, 0.3) is 0 Å². The van der Waals surface area contributed by atoms with Gasteiger partial charge >= 0.3 is 0 Å². The molecular formula is C15H21N3OS. The number of hydrogen-bond acceptors (Lipinski definition) is 4. The number of amides is 1. The minimum absolute atomic E-state index is 0.0553. The van der Waals surface area contributed by atoms with Gasteiger partial charge in [-0.2, -0.15) is 0 Å². The van der Waals surface area contributed by atoms with Crippen molar-refractivity contribution in [2.45, 2.75) is 23.8 Å². The molecule has 0 aromatic heterocycles. The Morgan fingerprint density at radius 2 is 2.35 bits per heavy atom. The molecule has 1 aromatic carbocycles. The van der Waals surface area contributed by atoms with Gasteiger partial charge in [-0.25, -0.2) is 0 Å². The number of fused-ring (bicyclic) bond motifs is 1. The summed E-state index contributed by atoms with van der Waals surface area (Å²) in [6.45, 7) is 5.36. The normalized spacial score (nSPS) is 25.6. The second kappa shape index (κ2) is 5.76. The van der Waals surface area contributed by atoms with Crippen molar-refractivity contribution < 1.29 is 4.79 Å². The van der Waals surface area contributed by atoms with Crippen molar-refractivity contribution in [2.75, 3.05) is 36.8 Å². The molecule has 0 bridgehead atoms. The predicted octanol–water partition coefficient (Wildman–Crippen LogP) is 1.47. The highest BCUT2D eigenvalue weighted by Gasteiger charge is 2.30. The van der Waals surface area contributed by atoms with Crippen LogP contribution in [-0.4, -0.2) is 43.4 Å². The fourth-order valence-electron chi connectivity index (χ4n) is 2.78. The number of anilines is 1. The third kappa shape index (κ3) is 2.85. The van der Waals surface area contributed by atoms with E-state index < -0.39 is 0 Å². The molecule has 2 N–H and O–H groups in total. The van der Waals surface area contributed by atoms with Gasteiger partial charge in [0.25, 0.3) is 0 Å². The van der Waals surface area contributed by atoms with Crippen molar-refractivity contribution in [3.05, 3.63) is 24.3 Å². The molecule has 0 saturated carbocycles. The summed E-state index contributed by atoms with van der Waals surface area (Å²) in [7, 11) is 0. The summed E-state index contributed by atoms with van der Waals surface area (Å²) in [6.07, 6.45) is 1.08. The smallest absolute Gasteiger partial charge is 0.241 e. The van der Waals surface area contributed by atoms with E-state index in [1.807, 2.05) is 34.9 Å². The van der Waals surface area contributed by atoms with Crippen LogP contribution in [0.4, 0.5) is 5.69 Å². The zero-order chi connectivity index (χ0) is 14.0. The fourth-order valence-corrected chi connectivity index (χ4v) is 3.78. The molecule has 2 aliphatic rings. The summed E-state index contributed by atoms with van der Waals surface area (Å²) < 4.78 is 0. The molecule has 2 heterocycles. The summed E-state index contributed by atoms with van der Waals surface area (Å²) in [5, 5.41) is 6.77. The molecule has 2 aliphatic heterocycles. The number of nitrogens with one attached hydrogen (secondary N) is 2. The Labute approximate surface area is 124 Å². The number of rotatable bonds is 3. The van der Waals surface area contributed by atoms with Gasteiger partial charge in [-0.15, -0.1) is 11.8 Å². The number of thioether (sulfide) groups is 1. The Morgan fingerprint density at radius 1 is 1.50 bits per heavy atom. The Bertz CT molecular complexity index is 500. The van der Waals surface area contributed by atoms with E-state index in [-0.39, 0.29) is 11.4 Å². The maximum atomic E-state index is 12.5. The lowest BCUT2D eigenvalue weighted by atomic mass is 10.0. The van der Waals surface area contributed by atoms with E-state index in [2.05, 4.69) is 23.6 Å². The maximum Gasteiger partial charge on any atom is 0.241 e. The number of carbonyl (C=O) groups excluding carboxylic acids is 1. The highest BCUT2D eigenvalue weighted by molar-refractivity contribution is 7.99. The average Bonchev–Trinajstić information content (AvgIpc) is 2.91. The van der Waals surface area contributed by atoms with Crippen molar-refractivity contribution in [1.82, 2.24) is 10.6 Å². The van der Waals surface area contributed by atoms with Crippen LogP contribution < -0.4 is 15.5 Å². The van der Waals surface area contributed by atoms with Gasteiger partial charge in [0.15, 0.2) is 0 Å². The first-order valence-electron chi connectivity index (χ1n) is 7.16. The average molecular weight is 291 g/mol. The molecular weight excluding hydrogens is 270 g/mol. The van der Waals surface area contributed by atoms with E-state index in [0.29, 0.717) is 6.54 Å². The predicted molar refractivity (Wildman–Crippen MR) is 83.4 cm³/mol. The monoisotopic (exact) mass is 291 g/mol. The molecule has 1 aromatic rings. The molecule has 108 valence electrons. The Morgan fingerprint density at radius 3 is 3.15 bits per heavy atom. The molecule has 5 heteroatoms. The van der Waals surface area contributed by atoms with Gasteiger partial charge in [0.05, 0.1) is 12.2 Å². The van der Waals surface area contributed by atoms with E-state index in [9.17, 15) is 4.79 Å². The molecule has 1 atom stereocenters. The van der Waals surface area contributed by atoms with Gasteiger partial charge in [0.1, 0.15) is 0 Å². The SMILES string of the molecule is CC1(NCC(=O)N2CCSc3ccccc32)CCNC1. The van der Waals surface area contributed by atoms with Gasteiger partial charge in [-0.1, -0.05) is 12.1 Å². The lowest BCUT2D eigenvalue weighted by molar-refractivity contribution is -0.118. The topological polar surface area (TPSA) is 44.4 Å². The van der Waals surface area contributed by atoms with Crippen LogP contribution in [0.1, 0.15) is 13.3 Å². The minimum Gasteiger partial charge on any atom is -0.315 e. The lowest BCUT2D eigenvalue weighted by Crippen LogP contribution is -2.50. The highest BCUT2D eigenvalue weighted by Crippen LogP contribution is 2.34. The standard InChI is InChI=1S/C15H21N3OS/c1-15(6-7-16-11-15)17-10-14(19)18-8-9-20-13-5-3-2-4-12(13)18/h2-5,16-17H,6-11H2,1H3. The van der Waals surface area contributed by atoms with Gasteiger partial charge in [-0.05, 0) is 32.0 Å². The first-order valence-corrected chi connectivity index (χ1v) is 8.14. The molecule has 1 saturated heterocycles. The Kier molecular flexibility index (Phi) is 4.01. The fraction of sp³-hybridized carbons (Fsp3) is 0.533. The van der Waals surface area contributed by atoms with Crippen LogP contribution in [0, 0.1) is 0 Å². The van der Waals surface area contributed by atoms with Crippen LogP contribution >= 0.6 is 11.8 Å². The van der Waals surface area contributed by atoms with Crippen molar-refractivity contribution in [3.63, 3.8) is 0 Å². The maximum absolute atomic E-state index is 12.5. The van der Waals surface area contributed by atoms with Gasteiger partial charge in [0.2, 0.25) is 5.91 Å². The summed E-state index contributed by atoms with van der Waals surface area (Å²) in [4.78, 5) is 15.6. The molecule has 20 heavy (non-hydrogen) atoms. The van der Waals surface area contributed by atoms with Gasteiger partial charge < -0.3 is 15.5 Å². The molecule has 3 rings (SSSR count). The number of hydrogen-bond donors (Lipinski definition) is 2. The van der Waals surface area contributed by atoms with Gasteiger partial charge in [0, 0.05) is 29.3 Å². The third-order valence-electron chi connectivity index (χ3n) is 4.06. The van der Waals surface area contributed by atoms with Crippen LogP contribution in [0.15, 0.2) is 29.2 Å². The largest absolute Gasteiger partial charge is 0.315 e. The van der Waals surface area contributed by atoms with Crippen LogP contribution in [0.5, 0.6) is 0 Å². The molecule has 1 amide bonds. The third-order valence-corrected chi connectivity index (χ3v) is 5.11. The summed E-state index contributed by atoms with van der Waals surface area (Å²) in [6, 6.07) is 8.16. The quantitative estimate of drug-likeness (QED) is 0.885. The Hall–Kier alpha value is -1.04. The lowest BCUT2D eigenvalue weighted by Gasteiger charge is -2.31. The summed E-state index contributed by atoms with van der Waals surface area (Å²) in [5.41, 5.74) is 1.12. The zero-order valence-electron chi connectivity index (χ0n) is 11.8. The molecule has 0 radical (unpaired) electrons. The number of para-hydroxylation sites is 1. The Balaban J connectivity index is 1.66. The van der Waals surface area contributed by atoms with Crippen LogP contribution in [0.3, 0.4) is 0 Å². The number of benzene rings is 1.